The molecule has 0 saturated heterocycles. The number of carbonyl (C=O) groups is 1. The van der Waals surface area contributed by atoms with Gasteiger partial charge in [-0.25, -0.2) is 4.79 Å². The van der Waals surface area contributed by atoms with Crippen molar-refractivity contribution in [1.29, 1.82) is 0 Å². The van der Waals surface area contributed by atoms with Gasteiger partial charge in [0.2, 0.25) is 0 Å². The van der Waals surface area contributed by atoms with E-state index in [1.807, 2.05) is 37.1 Å². The summed E-state index contributed by atoms with van der Waals surface area (Å²) in [5.41, 5.74) is 3.63. The van der Waals surface area contributed by atoms with Crippen molar-refractivity contribution in [3.63, 3.8) is 0 Å². The maximum Gasteiger partial charge on any atom is 0.335 e. The fraction of sp³-hybridized carbons (Fsp3) is 0.375. The Morgan fingerprint density at radius 2 is 2.05 bits per heavy atom. The SMILES string of the molecule is Cc1c(CN(C)CCc2ccccc2C(=O)O)cnn1C. The van der Waals surface area contributed by atoms with Gasteiger partial charge < -0.3 is 10.0 Å². The van der Waals surface area contributed by atoms with Gasteiger partial charge in [-0.3, -0.25) is 4.68 Å². The molecule has 0 amide bonds. The van der Waals surface area contributed by atoms with E-state index >= 15 is 0 Å². The second kappa shape index (κ2) is 6.54. The van der Waals surface area contributed by atoms with Gasteiger partial charge in [0.15, 0.2) is 0 Å². The number of aromatic nitrogens is 2. The zero-order chi connectivity index (χ0) is 15.4. The van der Waals surface area contributed by atoms with E-state index in [2.05, 4.69) is 16.9 Å². The molecule has 21 heavy (non-hydrogen) atoms. The van der Waals surface area contributed by atoms with Gasteiger partial charge in [0, 0.05) is 31.4 Å². The highest BCUT2D eigenvalue weighted by atomic mass is 16.4. The highest BCUT2D eigenvalue weighted by Crippen LogP contribution is 2.12. The van der Waals surface area contributed by atoms with Crippen molar-refractivity contribution in [2.45, 2.75) is 19.9 Å². The van der Waals surface area contributed by atoms with Crippen molar-refractivity contribution in [1.82, 2.24) is 14.7 Å². The van der Waals surface area contributed by atoms with Crippen LogP contribution in [0.15, 0.2) is 30.5 Å². The van der Waals surface area contributed by atoms with Gasteiger partial charge in [0.05, 0.1) is 11.8 Å². The molecule has 0 unspecified atom stereocenters. The van der Waals surface area contributed by atoms with Crippen molar-refractivity contribution < 1.29 is 9.90 Å². The molecule has 2 rings (SSSR count). The third-order valence-electron chi connectivity index (χ3n) is 3.79. The Bertz CT molecular complexity index is 634. The molecule has 0 spiro atoms. The third kappa shape index (κ3) is 3.70. The monoisotopic (exact) mass is 287 g/mol. The Labute approximate surface area is 124 Å². The number of rotatable bonds is 6. The van der Waals surface area contributed by atoms with E-state index in [4.69, 9.17) is 0 Å². The highest BCUT2D eigenvalue weighted by Gasteiger charge is 2.11. The van der Waals surface area contributed by atoms with Crippen LogP contribution < -0.4 is 0 Å². The Hall–Kier alpha value is -2.14. The summed E-state index contributed by atoms with van der Waals surface area (Å²) in [6.45, 7) is 3.67. The number of carboxylic acid groups (broad SMARTS) is 1. The summed E-state index contributed by atoms with van der Waals surface area (Å²) in [6, 6.07) is 7.18. The predicted octanol–water partition coefficient (Wildman–Crippen LogP) is 2.10. The number of benzene rings is 1. The molecule has 1 aromatic carbocycles. The average molecular weight is 287 g/mol. The first-order valence-corrected chi connectivity index (χ1v) is 6.96. The van der Waals surface area contributed by atoms with Gasteiger partial charge in [-0.05, 0) is 32.0 Å². The summed E-state index contributed by atoms with van der Waals surface area (Å²) in [7, 11) is 3.97. The van der Waals surface area contributed by atoms with Crippen LogP contribution >= 0.6 is 0 Å². The number of aromatic carboxylic acids is 1. The van der Waals surface area contributed by atoms with Crippen LogP contribution in [0.2, 0.25) is 0 Å². The summed E-state index contributed by atoms with van der Waals surface area (Å²) in [5.74, 6) is -0.864. The molecule has 0 aliphatic heterocycles. The maximum absolute atomic E-state index is 11.2. The number of hydrogen-bond donors (Lipinski definition) is 1. The predicted molar refractivity (Wildman–Crippen MR) is 81.4 cm³/mol. The summed E-state index contributed by atoms with van der Waals surface area (Å²) in [4.78, 5) is 13.4. The van der Waals surface area contributed by atoms with Crippen molar-refractivity contribution in [3.8, 4) is 0 Å². The molecule has 2 aromatic rings. The molecule has 112 valence electrons. The fourth-order valence-corrected chi connectivity index (χ4v) is 2.33. The van der Waals surface area contributed by atoms with E-state index in [1.54, 1.807) is 12.1 Å². The van der Waals surface area contributed by atoms with Crippen LogP contribution in [0.4, 0.5) is 0 Å². The zero-order valence-corrected chi connectivity index (χ0v) is 12.7. The second-order valence-corrected chi connectivity index (χ2v) is 5.33. The first kappa shape index (κ1) is 15.3. The Balaban J connectivity index is 1.97. The lowest BCUT2D eigenvalue weighted by atomic mass is 10.0. The normalized spacial score (nSPS) is 11.0. The third-order valence-corrected chi connectivity index (χ3v) is 3.79. The number of nitrogens with zero attached hydrogens (tertiary/aromatic N) is 3. The van der Waals surface area contributed by atoms with Crippen LogP contribution in [0.3, 0.4) is 0 Å². The van der Waals surface area contributed by atoms with E-state index in [0.29, 0.717) is 5.56 Å². The van der Waals surface area contributed by atoms with Crippen LogP contribution in [0.1, 0.15) is 27.2 Å². The van der Waals surface area contributed by atoms with E-state index in [1.165, 1.54) is 5.56 Å². The molecule has 0 bridgehead atoms. The molecule has 1 aromatic heterocycles. The van der Waals surface area contributed by atoms with Gasteiger partial charge in [-0.2, -0.15) is 5.10 Å². The van der Waals surface area contributed by atoms with Gasteiger partial charge in [-0.1, -0.05) is 18.2 Å². The first-order chi connectivity index (χ1) is 9.99. The molecule has 0 aliphatic rings. The topological polar surface area (TPSA) is 58.4 Å². The Morgan fingerprint density at radius 1 is 1.33 bits per heavy atom. The lowest BCUT2D eigenvalue weighted by Gasteiger charge is -2.17. The Morgan fingerprint density at radius 3 is 2.67 bits per heavy atom. The lowest BCUT2D eigenvalue weighted by Crippen LogP contribution is -2.21. The second-order valence-electron chi connectivity index (χ2n) is 5.33. The van der Waals surface area contributed by atoms with Crippen molar-refractivity contribution in [2.24, 2.45) is 7.05 Å². The maximum atomic E-state index is 11.2. The molecule has 1 N–H and O–H groups in total. The van der Waals surface area contributed by atoms with Crippen LogP contribution in [0, 0.1) is 6.92 Å². The van der Waals surface area contributed by atoms with Crippen LogP contribution in [-0.2, 0) is 20.0 Å². The molecule has 0 fully saturated rings. The van der Waals surface area contributed by atoms with Gasteiger partial charge >= 0.3 is 5.97 Å². The summed E-state index contributed by atoms with van der Waals surface area (Å²) in [6.07, 6.45) is 2.61. The van der Waals surface area contributed by atoms with E-state index in [0.717, 1.165) is 30.8 Å². The van der Waals surface area contributed by atoms with Crippen LogP contribution in [0.25, 0.3) is 0 Å². The molecular formula is C16H21N3O2. The minimum atomic E-state index is -0.864. The number of likely N-dealkylation sites (N-methyl/N-ethyl adjacent to an activating group) is 1. The minimum absolute atomic E-state index is 0.392. The van der Waals surface area contributed by atoms with E-state index in [9.17, 15) is 9.90 Å². The highest BCUT2D eigenvalue weighted by molar-refractivity contribution is 5.89. The van der Waals surface area contributed by atoms with Gasteiger partial charge in [-0.15, -0.1) is 0 Å². The fourth-order valence-electron chi connectivity index (χ4n) is 2.33. The zero-order valence-electron chi connectivity index (χ0n) is 12.7. The molecule has 0 aliphatic carbocycles. The minimum Gasteiger partial charge on any atom is -0.478 e. The number of aryl methyl sites for hydroxylation is 1. The molecule has 0 radical (unpaired) electrons. The molecule has 5 heteroatoms. The average Bonchev–Trinajstić information content (AvgIpc) is 2.77. The van der Waals surface area contributed by atoms with Crippen LogP contribution in [-0.4, -0.2) is 39.3 Å². The van der Waals surface area contributed by atoms with Crippen molar-refractivity contribution >= 4 is 5.97 Å². The summed E-state index contributed by atoms with van der Waals surface area (Å²) < 4.78 is 1.86. The van der Waals surface area contributed by atoms with Crippen molar-refractivity contribution in [3.05, 3.63) is 52.8 Å². The molecule has 0 atom stereocenters. The standard InChI is InChI=1S/C16H21N3O2/c1-12-14(10-17-19(12)3)11-18(2)9-8-13-6-4-5-7-15(13)16(20)21/h4-7,10H,8-9,11H2,1-3H3,(H,20,21). The van der Waals surface area contributed by atoms with Gasteiger partial charge in [0.25, 0.3) is 0 Å². The molecule has 5 nitrogen and oxygen atoms in total. The smallest absolute Gasteiger partial charge is 0.335 e. The largest absolute Gasteiger partial charge is 0.478 e. The van der Waals surface area contributed by atoms with Gasteiger partial charge in [0.1, 0.15) is 0 Å². The van der Waals surface area contributed by atoms with Crippen molar-refractivity contribution in [2.75, 3.05) is 13.6 Å². The lowest BCUT2D eigenvalue weighted by molar-refractivity contribution is 0.0695. The number of carboxylic acids is 1. The quantitative estimate of drug-likeness (QED) is 0.884. The van der Waals surface area contributed by atoms with E-state index in [-0.39, 0.29) is 0 Å². The number of hydrogen-bond acceptors (Lipinski definition) is 3. The van der Waals surface area contributed by atoms with E-state index < -0.39 is 5.97 Å². The Kier molecular flexibility index (Phi) is 4.75. The van der Waals surface area contributed by atoms with Crippen LogP contribution in [0.5, 0.6) is 0 Å². The molecular weight excluding hydrogens is 266 g/mol. The molecule has 0 saturated carbocycles. The molecule has 1 heterocycles. The first-order valence-electron chi connectivity index (χ1n) is 6.96. The summed E-state index contributed by atoms with van der Waals surface area (Å²) >= 11 is 0. The summed E-state index contributed by atoms with van der Waals surface area (Å²) in [5, 5.41) is 13.4.